The zero-order valence-corrected chi connectivity index (χ0v) is 23.0. The molecule has 2 atom stereocenters. The molecule has 0 aromatic heterocycles. The van der Waals surface area contributed by atoms with Crippen LogP contribution in [-0.2, 0) is 26.2 Å². The molecule has 3 rings (SSSR count). The fourth-order valence-electron chi connectivity index (χ4n) is 4.03. The molecule has 39 heavy (non-hydrogen) atoms. The molecule has 0 radical (unpaired) electrons. The van der Waals surface area contributed by atoms with Gasteiger partial charge in [-0.3, -0.25) is 13.9 Å². The number of rotatable bonds is 12. The van der Waals surface area contributed by atoms with E-state index in [9.17, 15) is 26.8 Å². The van der Waals surface area contributed by atoms with Crippen molar-refractivity contribution in [3.8, 4) is 0 Å². The maximum Gasteiger partial charge on any atom is 0.264 e. The first-order valence-corrected chi connectivity index (χ1v) is 14.2. The van der Waals surface area contributed by atoms with Crippen LogP contribution in [0.2, 0.25) is 0 Å². The van der Waals surface area contributed by atoms with Gasteiger partial charge in [-0.05, 0) is 61.7 Å². The second-order valence-corrected chi connectivity index (χ2v) is 11.0. The molecule has 0 unspecified atom stereocenters. The van der Waals surface area contributed by atoms with Gasteiger partial charge in [-0.15, -0.1) is 0 Å². The van der Waals surface area contributed by atoms with Crippen molar-refractivity contribution >= 4 is 27.5 Å². The SMILES string of the molecule is CC[C@@H](C)NC(=O)[C@H](CC)N(Cc1ccc(F)cc1)C(=O)CN(c1ccccc1F)S(=O)(=O)c1ccccc1. The van der Waals surface area contributed by atoms with Crippen LogP contribution in [0.1, 0.15) is 39.2 Å². The highest BCUT2D eigenvalue weighted by Gasteiger charge is 2.34. The number of benzene rings is 3. The Morgan fingerprint density at radius 2 is 1.49 bits per heavy atom. The van der Waals surface area contributed by atoms with Crippen LogP contribution in [0.4, 0.5) is 14.5 Å². The zero-order valence-electron chi connectivity index (χ0n) is 22.2. The van der Waals surface area contributed by atoms with E-state index in [1.54, 1.807) is 13.0 Å². The number of anilines is 1. The van der Waals surface area contributed by atoms with Crippen LogP contribution in [0.3, 0.4) is 0 Å². The molecule has 0 spiro atoms. The molecule has 3 aromatic carbocycles. The van der Waals surface area contributed by atoms with Crippen molar-refractivity contribution < 1.29 is 26.8 Å². The first-order valence-electron chi connectivity index (χ1n) is 12.7. The Bertz CT molecular complexity index is 1370. The van der Waals surface area contributed by atoms with Crippen LogP contribution in [0.25, 0.3) is 0 Å². The Balaban J connectivity index is 2.05. The van der Waals surface area contributed by atoms with E-state index in [-0.39, 0.29) is 29.6 Å². The third kappa shape index (κ3) is 7.41. The predicted molar refractivity (Wildman–Crippen MR) is 146 cm³/mol. The zero-order chi connectivity index (χ0) is 28.6. The summed E-state index contributed by atoms with van der Waals surface area (Å²) in [5.41, 5.74) is 0.247. The van der Waals surface area contributed by atoms with Crippen molar-refractivity contribution in [1.82, 2.24) is 10.2 Å². The summed E-state index contributed by atoms with van der Waals surface area (Å²) < 4.78 is 56.5. The van der Waals surface area contributed by atoms with Gasteiger partial charge in [0.05, 0.1) is 10.6 Å². The topological polar surface area (TPSA) is 86.8 Å². The summed E-state index contributed by atoms with van der Waals surface area (Å²) in [6.07, 6.45) is 0.908. The molecule has 2 amide bonds. The molecule has 0 heterocycles. The monoisotopic (exact) mass is 557 g/mol. The van der Waals surface area contributed by atoms with Crippen LogP contribution >= 0.6 is 0 Å². The highest BCUT2D eigenvalue weighted by molar-refractivity contribution is 7.92. The molecule has 0 bridgehead atoms. The molecule has 0 fully saturated rings. The lowest BCUT2D eigenvalue weighted by molar-refractivity contribution is -0.140. The molecule has 208 valence electrons. The first-order chi connectivity index (χ1) is 18.6. The molecular weight excluding hydrogens is 524 g/mol. The molecule has 0 aliphatic carbocycles. The van der Waals surface area contributed by atoms with Gasteiger partial charge in [-0.1, -0.05) is 56.3 Å². The van der Waals surface area contributed by atoms with E-state index in [1.807, 2.05) is 13.8 Å². The van der Waals surface area contributed by atoms with Gasteiger partial charge < -0.3 is 10.2 Å². The van der Waals surface area contributed by atoms with Gasteiger partial charge in [-0.2, -0.15) is 0 Å². The summed E-state index contributed by atoms with van der Waals surface area (Å²) in [5.74, 6) is -2.40. The van der Waals surface area contributed by atoms with Gasteiger partial charge in [0.15, 0.2) is 0 Å². The molecule has 0 saturated carbocycles. The van der Waals surface area contributed by atoms with Crippen LogP contribution in [0.15, 0.2) is 83.8 Å². The minimum Gasteiger partial charge on any atom is -0.352 e. The number of sulfonamides is 1. The maximum atomic E-state index is 14.9. The second kappa shape index (κ2) is 13.3. The van der Waals surface area contributed by atoms with Gasteiger partial charge in [0.25, 0.3) is 10.0 Å². The number of hydrogen-bond acceptors (Lipinski definition) is 4. The summed E-state index contributed by atoms with van der Waals surface area (Å²) in [5, 5.41) is 2.88. The number of para-hydroxylation sites is 1. The Morgan fingerprint density at radius 3 is 2.08 bits per heavy atom. The highest BCUT2D eigenvalue weighted by Crippen LogP contribution is 2.27. The molecule has 3 aromatic rings. The van der Waals surface area contributed by atoms with Crippen molar-refractivity contribution in [3.63, 3.8) is 0 Å². The molecule has 0 aliphatic heterocycles. The van der Waals surface area contributed by atoms with Crippen LogP contribution < -0.4 is 9.62 Å². The van der Waals surface area contributed by atoms with E-state index in [1.165, 1.54) is 71.6 Å². The Hall–Kier alpha value is -3.79. The smallest absolute Gasteiger partial charge is 0.264 e. The Labute approximate surface area is 228 Å². The number of amides is 2. The number of nitrogens with zero attached hydrogens (tertiary/aromatic N) is 2. The van der Waals surface area contributed by atoms with Crippen molar-refractivity contribution in [2.75, 3.05) is 10.8 Å². The summed E-state index contributed by atoms with van der Waals surface area (Å²) in [6.45, 7) is 4.65. The van der Waals surface area contributed by atoms with Crippen molar-refractivity contribution in [2.24, 2.45) is 0 Å². The molecule has 10 heteroatoms. The summed E-state index contributed by atoms with van der Waals surface area (Å²) in [4.78, 5) is 28.2. The largest absolute Gasteiger partial charge is 0.352 e. The molecule has 1 N–H and O–H groups in total. The molecule has 7 nitrogen and oxygen atoms in total. The Morgan fingerprint density at radius 1 is 0.872 bits per heavy atom. The van der Waals surface area contributed by atoms with Crippen molar-refractivity contribution in [3.05, 3.63) is 96.1 Å². The number of carbonyl (C=O) groups excluding carboxylic acids is 2. The lowest BCUT2D eigenvalue weighted by Gasteiger charge is -2.33. The fraction of sp³-hybridized carbons (Fsp3) is 0.310. The van der Waals surface area contributed by atoms with Gasteiger partial charge >= 0.3 is 0 Å². The predicted octanol–water partition coefficient (Wildman–Crippen LogP) is 4.88. The highest BCUT2D eigenvalue weighted by atomic mass is 32.2. The van der Waals surface area contributed by atoms with Gasteiger partial charge in [0.1, 0.15) is 24.2 Å². The minimum absolute atomic E-state index is 0.0813. The number of carbonyl (C=O) groups is 2. The van der Waals surface area contributed by atoms with Crippen LogP contribution in [0.5, 0.6) is 0 Å². The van der Waals surface area contributed by atoms with E-state index in [2.05, 4.69) is 5.32 Å². The normalized spacial score (nSPS) is 12.8. The third-order valence-electron chi connectivity index (χ3n) is 6.38. The lowest BCUT2D eigenvalue weighted by atomic mass is 10.1. The van der Waals surface area contributed by atoms with Crippen LogP contribution in [-0.4, -0.2) is 43.8 Å². The average Bonchev–Trinajstić information content (AvgIpc) is 2.93. The van der Waals surface area contributed by atoms with Gasteiger partial charge in [0, 0.05) is 12.6 Å². The van der Waals surface area contributed by atoms with E-state index >= 15 is 0 Å². The first kappa shape index (κ1) is 29.8. The Kier molecular flexibility index (Phi) is 10.2. The van der Waals surface area contributed by atoms with E-state index in [4.69, 9.17) is 0 Å². The van der Waals surface area contributed by atoms with E-state index in [0.29, 0.717) is 12.0 Å². The number of halogens is 2. The van der Waals surface area contributed by atoms with E-state index < -0.39 is 46.1 Å². The maximum absolute atomic E-state index is 14.9. The quantitative estimate of drug-likeness (QED) is 0.344. The van der Waals surface area contributed by atoms with Crippen molar-refractivity contribution in [1.29, 1.82) is 0 Å². The molecule has 0 saturated heterocycles. The summed E-state index contributed by atoms with van der Waals surface area (Å²) >= 11 is 0. The van der Waals surface area contributed by atoms with Crippen LogP contribution in [0, 0.1) is 11.6 Å². The number of nitrogens with one attached hydrogen (secondary N) is 1. The van der Waals surface area contributed by atoms with Gasteiger partial charge in [-0.25, -0.2) is 17.2 Å². The second-order valence-electron chi connectivity index (χ2n) is 9.17. The number of hydrogen-bond donors (Lipinski definition) is 1. The van der Waals surface area contributed by atoms with Crippen molar-refractivity contribution in [2.45, 2.75) is 57.1 Å². The van der Waals surface area contributed by atoms with Gasteiger partial charge in [0.2, 0.25) is 11.8 Å². The lowest BCUT2D eigenvalue weighted by Crippen LogP contribution is -2.53. The molecule has 0 aliphatic rings. The minimum atomic E-state index is -4.36. The summed E-state index contributed by atoms with van der Waals surface area (Å²) in [6, 6.07) is 17.1. The fourth-order valence-corrected chi connectivity index (χ4v) is 5.48. The standard InChI is InChI=1S/C29H33F2N3O4S/c1-4-21(3)32-29(36)26(5-2)33(19-22-15-17-23(30)18-16-22)28(35)20-34(27-14-10-9-13-25(27)31)39(37,38)24-11-7-6-8-12-24/h6-18,21,26H,4-5,19-20H2,1-3H3,(H,32,36)/t21-,26+/m1/s1. The molecular formula is C29H33F2N3O4S. The third-order valence-corrected chi connectivity index (χ3v) is 8.16. The average molecular weight is 558 g/mol. The van der Waals surface area contributed by atoms with E-state index in [0.717, 1.165) is 10.4 Å². The summed E-state index contributed by atoms with van der Waals surface area (Å²) in [7, 11) is -4.36.